The molecule has 3 heteroatoms. The first kappa shape index (κ1) is 9.09. The Morgan fingerprint density at radius 3 is 2.81 bits per heavy atom. The van der Waals surface area contributed by atoms with Crippen molar-refractivity contribution in [2.75, 3.05) is 0 Å². The molecule has 3 nitrogen and oxygen atoms in total. The van der Waals surface area contributed by atoms with E-state index < -0.39 is 0 Å². The molecule has 2 heterocycles. The van der Waals surface area contributed by atoms with Gasteiger partial charge in [0.15, 0.2) is 0 Å². The van der Waals surface area contributed by atoms with Gasteiger partial charge in [-0.25, -0.2) is 0 Å². The number of para-hydroxylation sites is 1. The van der Waals surface area contributed by atoms with Crippen LogP contribution in [0, 0.1) is 0 Å². The van der Waals surface area contributed by atoms with E-state index in [2.05, 4.69) is 28.3 Å². The van der Waals surface area contributed by atoms with Crippen LogP contribution in [0.2, 0.25) is 0 Å². The molecule has 0 aliphatic rings. The predicted octanol–water partition coefficient (Wildman–Crippen LogP) is 2.48. The third kappa shape index (κ3) is 1.56. The van der Waals surface area contributed by atoms with Crippen molar-refractivity contribution in [3.8, 4) is 0 Å². The number of rotatable bonds is 2. The summed E-state index contributed by atoms with van der Waals surface area (Å²) in [7, 11) is 0. The summed E-state index contributed by atoms with van der Waals surface area (Å²) in [6, 6.07) is 12.2. The van der Waals surface area contributed by atoms with Crippen molar-refractivity contribution in [3.63, 3.8) is 0 Å². The largest absolute Gasteiger partial charge is 0.264 e. The summed E-state index contributed by atoms with van der Waals surface area (Å²) in [6.45, 7) is 0.765. The van der Waals surface area contributed by atoms with Crippen molar-refractivity contribution in [1.82, 2.24) is 14.8 Å². The Kier molecular flexibility index (Phi) is 2.14. The molecule has 0 saturated carbocycles. The minimum atomic E-state index is 0.765. The summed E-state index contributed by atoms with van der Waals surface area (Å²) in [4.78, 5) is 4.10. The van der Waals surface area contributed by atoms with Crippen LogP contribution in [0.15, 0.2) is 55.0 Å². The molecule has 16 heavy (non-hydrogen) atoms. The fourth-order valence-electron chi connectivity index (χ4n) is 1.82. The molecule has 0 aliphatic heterocycles. The van der Waals surface area contributed by atoms with E-state index in [1.165, 1.54) is 5.39 Å². The summed E-state index contributed by atoms with van der Waals surface area (Å²) in [6.07, 6.45) is 5.55. The zero-order valence-corrected chi connectivity index (χ0v) is 8.74. The van der Waals surface area contributed by atoms with Crippen LogP contribution >= 0.6 is 0 Å². The minimum absolute atomic E-state index is 0.765. The van der Waals surface area contributed by atoms with Gasteiger partial charge < -0.3 is 0 Å². The molecule has 0 fully saturated rings. The van der Waals surface area contributed by atoms with Gasteiger partial charge >= 0.3 is 0 Å². The van der Waals surface area contributed by atoms with E-state index in [0.29, 0.717) is 0 Å². The van der Waals surface area contributed by atoms with Gasteiger partial charge in [-0.05, 0) is 17.7 Å². The highest BCUT2D eigenvalue weighted by molar-refractivity contribution is 5.78. The molecule has 78 valence electrons. The molecule has 0 unspecified atom stereocenters. The lowest BCUT2D eigenvalue weighted by molar-refractivity contribution is 0.710. The van der Waals surface area contributed by atoms with Gasteiger partial charge in [-0.15, -0.1) is 0 Å². The molecule has 0 N–H and O–H groups in total. The van der Waals surface area contributed by atoms with Gasteiger partial charge in [0, 0.05) is 17.8 Å². The van der Waals surface area contributed by atoms with E-state index in [1.807, 2.05) is 35.3 Å². The van der Waals surface area contributed by atoms with Gasteiger partial charge in [-0.2, -0.15) is 5.10 Å². The molecule has 0 radical (unpaired) electrons. The smallest absolute Gasteiger partial charge is 0.0686 e. The molecule has 1 aromatic carbocycles. The standard InChI is InChI=1S/C13H11N3/c1-2-6-13-12(5-1)9-15-16(13)10-11-4-3-7-14-8-11/h1-9H,10H2. The average Bonchev–Trinajstić information content (AvgIpc) is 2.74. The Balaban J connectivity index is 2.01. The van der Waals surface area contributed by atoms with Crippen molar-refractivity contribution in [1.29, 1.82) is 0 Å². The maximum absolute atomic E-state index is 4.38. The van der Waals surface area contributed by atoms with Crippen molar-refractivity contribution in [3.05, 3.63) is 60.6 Å². The molecule has 0 amide bonds. The monoisotopic (exact) mass is 209 g/mol. The molecule has 3 rings (SSSR count). The fourth-order valence-corrected chi connectivity index (χ4v) is 1.82. The highest BCUT2D eigenvalue weighted by atomic mass is 15.3. The maximum Gasteiger partial charge on any atom is 0.0686 e. The number of pyridine rings is 1. The first-order valence-electron chi connectivity index (χ1n) is 5.23. The SMILES string of the molecule is c1cncc(Cn2ncc3ccccc32)c1. The van der Waals surface area contributed by atoms with Crippen LogP contribution in [-0.4, -0.2) is 14.8 Å². The number of fused-ring (bicyclic) bond motifs is 1. The van der Waals surface area contributed by atoms with Crippen LogP contribution in [0.25, 0.3) is 10.9 Å². The summed E-state index contributed by atoms with van der Waals surface area (Å²) in [5.41, 5.74) is 2.32. The number of nitrogens with zero attached hydrogens (tertiary/aromatic N) is 3. The zero-order valence-electron chi connectivity index (χ0n) is 8.74. The number of hydrogen-bond acceptors (Lipinski definition) is 2. The van der Waals surface area contributed by atoms with Crippen LogP contribution in [0.3, 0.4) is 0 Å². The molecular weight excluding hydrogens is 198 g/mol. The zero-order chi connectivity index (χ0) is 10.8. The second kappa shape index (κ2) is 3.77. The Bertz CT molecular complexity index is 599. The highest BCUT2D eigenvalue weighted by Crippen LogP contribution is 2.13. The van der Waals surface area contributed by atoms with Crippen LogP contribution in [0.4, 0.5) is 0 Å². The van der Waals surface area contributed by atoms with Gasteiger partial charge in [-0.1, -0.05) is 24.3 Å². The van der Waals surface area contributed by atoms with Crippen LogP contribution in [0.1, 0.15) is 5.56 Å². The Morgan fingerprint density at radius 2 is 1.94 bits per heavy atom. The van der Waals surface area contributed by atoms with Gasteiger partial charge in [0.2, 0.25) is 0 Å². The molecule has 0 atom stereocenters. The lowest BCUT2D eigenvalue weighted by Crippen LogP contribution is -2.01. The van der Waals surface area contributed by atoms with Gasteiger partial charge in [0.1, 0.15) is 0 Å². The second-order valence-corrected chi connectivity index (χ2v) is 3.72. The van der Waals surface area contributed by atoms with E-state index in [4.69, 9.17) is 0 Å². The lowest BCUT2D eigenvalue weighted by atomic mass is 10.2. The lowest BCUT2D eigenvalue weighted by Gasteiger charge is -2.02. The Labute approximate surface area is 93.4 Å². The van der Waals surface area contributed by atoms with Gasteiger partial charge in [-0.3, -0.25) is 9.67 Å². The van der Waals surface area contributed by atoms with E-state index in [0.717, 1.165) is 17.6 Å². The van der Waals surface area contributed by atoms with Crippen molar-refractivity contribution < 1.29 is 0 Å². The Hall–Kier alpha value is -2.16. The quantitative estimate of drug-likeness (QED) is 0.649. The molecular formula is C13H11N3. The van der Waals surface area contributed by atoms with E-state index in [-0.39, 0.29) is 0 Å². The molecule has 3 aromatic rings. The average molecular weight is 209 g/mol. The van der Waals surface area contributed by atoms with E-state index in [9.17, 15) is 0 Å². The van der Waals surface area contributed by atoms with Gasteiger partial charge in [0.05, 0.1) is 18.3 Å². The molecule has 0 aliphatic carbocycles. The normalized spacial score (nSPS) is 10.8. The molecule has 0 saturated heterocycles. The summed E-state index contributed by atoms with van der Waals surface area (Å²) in [5.74, 6) is 0. The van der Waals surface area contributed by atoms with Crippen molar-refractivity contribution in [2.45, 2.75) is 6.54 Å². The van der Waals surface area contributed by atoms with Crippen LogP contribution in [0.5, 0.6) is 0 Å². The summed E-state index contributed by atoms with van der Waals surface area (Å²) < 4.78 is 1.99. The number of hydrogen-bond donors (Lipinski definition) is 0. The fraction of sp³-hybridized carbons (Fsp3) is 0.0769. The van der Waals surface area contributed by atoms with Gasteiger partial charge in [0.25, 0.3) is 0 Å². The molecule has 0 bridgehead atoms. The first-order chi connectivity index (χ1) is 7.93. The third-order valence-electron chi connectivity index (χ3n) is 2.61. The maximum atomic E-state index is 4.38. The van der Waals surface area contributed by atoms with Crippen LogP contribution in [-0.2, 0) is 6.54 Å². The van der Waals surface area contributed by atoms with E-state index >= 15 is 0 Å². The van der Waals surface area contributed by atoms with Crippen molar-refractivity contribution >= 4 is 10.9 Å². The molecule has 0 spiro atoms. The highest BCUT2D eigenvalue weighted by Gasteiger charge is 2.01. The second-order valence-electron chi connectivity index (χ2n) is 3.72. The number of aromatic nitrogens is 3. The third-order valence-corrected chi connectivity index (χ3v) is 2.61. The van der Waals surface area contributed by atoms with E-state index in [1.54, 1.807) is 6.20 Å². The summed E-state index contributed by atoms with van der Waals surface area (Å²) in [5, 5.41) is 5.55. The topological polar surface area (TPSA) is 30.7 Å². The van der Waals surface area contributed by atoms with Crippen molar-refractivity contribution in [2.24, 2.45) is 0 Å². The first-order valence-corrected chi connectivity index (χ1v) is 5.23. The summed E-state index contributed by atoms with van der Waals surface area (Å²) >= 11 is 0. The molecule has 2 aromatic heterocycles. The number of benzene rings is 1. The Morgan fingerprint density at radius 1 is 1.00 bits per heavy atom. The van der Waals surface area contributed by atoms with Crippen LogP contribution < -0.4 is 0 Å². The predicted molar refractivity (Wildman–Crippen MR) is 63.1 cm³/mol. The minimum Gasteiger partial charge on any atom is -0.264 e.